The molecule has 0 fully saturated rings. The van der Waals surface area contributed by atoms with E-state index in [-0.39, 0.29) is 12.5 Å². The van der Waals surface area contributed by atoms with Crippen molar-refractivity contribution >= 4 is 5.91 Å². The molecule has 0 bridgehead atoms. The standard InChI is InChI=1S/C21H23N3O4/c1-4-18(27-17-8-6-5-7-9-17)21(25)24(2)14-19-22-20(23-28-19)15-10-12-16(26-3)13-11-15/h5-13,18H,4,14H2,1-3H3. The van der Waals surface area contributed by atoms with Crippen molar-refractivity contribution < 1.29 is 18.8 Å². The number of methoxy groups -OCH3 is 1. The van der Waals surface area contributed by atoms with E-state index >= 15 is 0 Å². The lowest BCUT2D eigenvalue weighted by Gasteiger charge is -2.22. The first-order chi connectivity index (χ1) is 13.6. The summed E-state index contributed by atoms with van der Waals surface area (Å²) >= 11 is 0. The zero-order chi connectivity index (χ0) is 19.9. The molecule has 3 aromatic rings. The molecule has 1 amide bonds. The van der Waals surface area contributed by atoms with Crippen molar-refractivity contribution in [2.75, 3.05) is 14.2 Å². The number of para-hydroxylation sites is 1. The van der Waals surface area contributed by atoms with Crippen LogP contribution in [0.15, 0.2) is 59.1 Å². The highest BCUT2D eigenvalue weighted by Gasteiger charge is 2.24. The number of amides is 1. The Balaban J connectivity index is 1.64. The second-order valence-corrected chi connectivity index (χ2v) is 6.26. The number of nitrogens with zero attached hydrogens (tertiary/aromatic N) is 3. The molecule has 1 aromatic heterocycles. The molecule has 7 nitrogen and oxygen atoms in total. The van der Waals surface area contributed by atoms with Gasteiger partial charge in [0, 0.05) is 12.6 Å². The minimum Gasteiger partial charge on any atom is -0.497 e. The molecule has 0 N–H and O–H groups in total. The lowest BCUT2D eigenvalue weighted by molar-refractivity contribution is -0.138. The van der Waals surface area contributed by atoms with Crippen LogP contribution in [0.1, 0.15) is 19.2 Å². The zero-order valence-corrected chi connectivity index (χ0v) is 16.2. The van der Waals surface area contributed by atoms with Crippen LogP contribution < -0.4 is 9.47 Å². The van der Waals surface area contributed by atoms with Crippen molar-refractivity contribution in [2.24, 2.45) is 0 Å². The Kier molecular flexibility index (Phi) is 6.26. The molecule has 0 radical (unpaired) electrons. The number of aromatic nitrogens is 2. The molecule has 0 saturated heterocycles. The van der Waals surface area contributed by atoms with E-state index in [1.165, 1.54) is 4.90 Å². The topological polar surface area (TPSA) is 77.7 Å². The van der Waals surface area contributed by atoms with E-state index in [0.717, 1.165) is 11.3 Å². The molecule has 0 spiro atoms. The molecule has 1 atom stereocenters. The summed E-state index contributed by atoms with van der Waals surface area (Å²) in [6, 6.07) is 16.7. The average molecular weight is 381 g/mol. The van der Waals surface area contributed by atoms with Crippen LogP contribution >= 0.6 is 0 Å². The normalized spacial score (nSPS) is 11.7. The summed E-state index contributed by atoms with van der Waals surface area (Å²) in [5.74, 6) is 2.09. The maximum Gasteiger partial charge on any atom is 0.263 e. The van der Waals surface area contributed by atoms with Gasteiger partial charge >= 0.3 is 0 Å². The van der Waals surface area contributed by atoms with E-state index in [0.29, 0.717) is 23.9 Å². The van der Waals surface area contributed by atoms with Crippen molar-refractivity contribution in [3.8, 4) is 22.9 Å². The van der Waals surface area contributed by atoms with Crippen molar-refractivity contribution in [1.82, 2.24) is 15.0 Å². The lowest BCUT2D eigenvalue weighted by atomic mass is 10.2. The molecule has 2 aromatic carbocycles. The summed E-state index contributed by atoms with van der Waals surface area (Å²) in [6.07, 6.45) is -0.0182. The number of ether oxygens (including phenoxy) is 2. The van der Waals surface area contributed by atoms with Gasteiger partial charge in [-0.2, -0.15) is 4.98 Å². The zero-order valence-electron chi connectivity index (χ0n) is 16.2. The number of benzene rings is 2. The van der Waals surface area contributed by atoms with Gasteiger partial charge in [-0.1, -0.05) is 30.3 Å². The van der Waals surface area contributed by atoms with Gasteiger partial charge in [0.25, 0.3) is 5.91 Å². The maximum atomic E-state index is 12.7. The quantitative estimate of drug-likeness (QED) is 0.594. The summed E-state index contributed by atoms with van der Waals surface area (Å²) < 4.78 is 16.3. The first-order valence-corrected chi connectivity index (χ1v) is 9.04. The fourth-order valence-electron chi connectivity index (χ4n) is 2.67. The molecule has 0 saturated carbocycles. The van der Waals surface area contributed by atoms with Gasteiger partial charge in [0.05, 0.1) is 13.7 Å². The molecule has 7 heteroatoms. The molecule has 146 valence electrons. The smallest absolute Gasteiger partial charge is 0.263 e. The monoisotopic (exact) mass is 381 g/mol. The third-order valence-electron chi connectivity index (χ3n) is 4.23. The van der Waals surface area contributed by atoms with Crippen LogP contribution in [0.2, 0.25) is 0 Å². The molecular formula is C21H23N3O4. The van der Waals surface area contributed by atoms with Crippen LogP contribution in [-0.4, -0.2) is 41.2 Å². The summed E-state index contributed by atoms with van der Waals surface area (Å²) in [4.78, 5) is 18.6. The van der Waals surface area contributed by atoms with Crippen LogP contribution in [0.25, 0.3) is 11.4 Å². The van der Waals surface area contributed by atoms with E-state index in [9.17, 15) is 4.79 Å². The van der Waals surface area contributed by atoms with Gasteiger partial charge in [0.15, 0.2) is 6.10 Å². The van der Waals surface area contributed by atoms with Crippen LogP contribution in [0.5, 0.6) is 11.5 Å². The molecule has 28 heavy (non-hydrogen) atoms. The van der Waals surface area contributed by atoms with Crippen LogP contribution in [0.4, 0.5) is 0 Å². The van der Waals surface area contributed by atoms with Crippen LogP contribution in [-0.2, 0) is 11.3 Å². The van der Waals surface area contributed by atoms with E-state index < -0.39 is 6.10 Å². The van der Waals surface area contributed by atoms with Crippen molar-refractivity contribution in [1.29, 1.82) is 0 Å². The summed E-state index contributed by atoms with van der Waals surface area (Å²) in [5, 5.41) is 3.99. The number of carbonyl (C=O) groups excluding carboxylic acids is 1. The molecular weight excluding hydrogens is 358 g/mol. The predicted molar refractivity (Wildman–Crippen MR) is 104 cm³/mol. The third kappa shape index (κ3) is 4.68. The number of likely N-dealkylation sites (N-methyl/N-ethyl adjacent to an activating group) is 1. The molecule has 0 aliphatic heterocycles. The maximum absolute atomic E-state index is 12.7. The summed E-state index contributed by atoms with van der Waals surface area (Å²) in [6.45, 7) is 2.12. The minimum absolute atomic E-state index is 0.143. The number of rotatable bonds is 8. The molecule has 3 rings (SSSR count). The first-order valence-electron chi connectivity index (χ1n) is 9.04. The summed E-state index contributed by atoms with van der Waals surface area (Å²) in [7, 11) is 3.30. The van der Waals surface area contributed by atoms with Gasteiger partial charge in [-0.05, 0) is 42.8 Å². The van der Waals surface area contributed by atoms with Crippen LogP contribution in [0, 0.1) is 0 Å². The Hall–Kier alpha value is -3.35. The Morgan fingerprint density at radius 2 is 1.82 bits per heavy atom. The number of hydrogen-bond acceptors (Lipinski definition) is 6. The second kappa shape index (κ2) is 9.03. The largest absolute Gasteiger partial charge is 0.497 e. The Morgan fingerprint density at radius 1 is 1.11 bits per heavy atom. The van der Waals surface area contributed by atoms with Gasteiger partial charge < -0.3 is 18.9 Å². The number of carbonyl (C=O) groups is 1. The fraction of sp³-hybridized carbons (Fsp3) is 0.286. The predicted octanol–water partition coefficient (Wildman–Crippen LogP) is 3.56. The SMILES string of the molecule is CCC(Oc1ccccc1)C(=O)N(C)Cc1nc(-c2ccc(OC)cc2)no1. The Labute approximate surface area is 163 Å². The van der Waals surface area contributed by atoms with E-state index in [2.05, 4.69) is 10.1 Å². The van der Waals surface area contributed by atoms with Crippen LogP contribution in [0.3, 0.4) is 0 Å². The van der Waals surface area contributed by atoms with Gasteiger partial charge in [-0.3, -0.25) is 4.79 Å². The molecule has 1 heterocycles. The van der Waals surface area contributed by atoms with E-state index in [4.69, 9.17) is 14.0 Å². The molecule has 1 unspecified atom stereocenters. The summed E-state index contributed by atoms with van der Waals surface area (Å²) in [5.41, 5.74) is 0.809. The van der Waals surface area contributed by atoms with Gasteiger partial charge in [0.1, 0.15) is 11.5 Å². The minimum atomic E-state index is -0.573. The molecule has 0 aliphatic rings. The van der Waals surface area contributed by atoms with Gasteiger partial charge in [-0.25, -0.2) is 0 Å². The first kappa shape index (κ1) is 19.4. The average Bonchev–Trinajstić information content (AvgIpc) is 3.20. The Morgan fingerprint density at radius 3 is 2.46 bits per heavy atom. The second-order valence-electron chi connectivity index (χ2n) is 6.26. The fourth-order valence-corrected chi connectivity index (χ4v) is 2.67. The highest BCUT2D eigenvalue weighted by atomic mass is 16.5. The highest BCUT2D eigenvalue weighted by molar-refractivity contribution is 5.80. The molecule has 0 aliphatic carbocycles. The van der Waals surface area contributed by atoms with Gasteiger partial charge in [-0.15, -0.1) is 0 Å². The third-order valence-corrected chi connectivity index (χ3v) is 4.23. The number of hydrogen-bond donors (Lipinski definition) is 0. The lowest BCUT2D eigenvalue weighted by Crippen LogP contribution is -2.39. The Bertz CT molecular complexity index is 894. The van der Waals surface area contributed by atoms with Crippen molar-refractivity contribution in [3.63, 3.8) is 0 Å². The van der Waals surface area contributed by atoms with Crippen molar-refractivity contribution in [3.05, 3.63) is 60.5 Å². The van der Waals surface area contributed by atoms with Gasteiger partial charge in [0.2, 0.25) is 11.7 Å². The van der Waals surface area contributed by atoms with E-state index in [1.807, 2.05) is 61.5 Å². The van der Waals surface area contributed by atoms with Crippen molar-refractivity contribution in [2.45, 2.75) is 26.0 Å². The highest BCUT2D eigenvalue weighted by Crippen LogP contribution is 2.20. The van der Waals surface area contributed by atoms with E-state index in [1.54, 1.807) is 14.2 Å².